The zero-order chi connectivity index (χ0) is 19.4. The van der Waals surface area contributed by atoms with Gasteiger partial charge in [0.1, 0.15) is 5.82 Å². The van der Waals surface area contributed by atoms with Crippen molar-refractivity contribution in [3.05, 3.63) is 71.4 Å². The zero-order valence-electron chi connectivity index (χ0n) is 14.2. The van der Waals surface area contributed by atoms with Crippen LogP contribution in [-0.2, 0) is 6.18 Å². The van der Waals surface area contributed by atoms with E-state index in [1.165, 1.54) is 12.1 Å². The summed E-state index contributed by atoms with van der Waals surface area (Å²) < 4.78 is 37.9. The van der Waals surface area contributed by atoms with Gasteiger partial charge in [-0.1, -0.05) is 0 Å². The van der Waals surface area contributed by atoms with Crippen molar-refractivity contribution in [2.24, 2.45) is 0 Å². The minimum Gasteiger partial charge on any atom is -0.340 e. The van der Waals surface area contributed by atoms with Crippen LogP contribution in [0.4, 0.5) is 36.3 Å². The highest BCUT2D eigenvalue weighted by Crippen LogP contribution is 2.30. The highest BCUT2D eigenvalue weighted by Gasteiger charge is 2.29. The van der Waals surface area contributed by atoms with Crippen LogP contribution in [0.1, 0.15) is 16.8 Å². The second kappa shape index (κ2) is 7.33. The van der Waals surface area contributed by atoms with Gasteiger partial charge in [-0.3, -0.25) is 0 Å². The van der Waals surface area contributed by atoms with Gasteiger partial charge in [-0.15, -0.1) is 0 Å². The Bertz CT molecular complexity index is 974. The lowest BCUT2D eigenvalue weighted by molar-refractivity contribution is -0.137. The molecule has 8 heteroatoms. The Kier molecular flexibility index (Phi) is 4.94. The van der Waals surface area contributed by atoms with Crippen molar-refractivity contribution in [1.29, 1.82) is 5.26 Å². The molecule has 1 aromatic heterocycles. The van der Waals surface area contributed by atoms with E-state index in [0.29, 0.717) is 22.8 Å². The van der Waals surface area contributed by atoms with Crippen molar-refractivity contribution in [3.8, 4) is 6.07 Å². The van der Waals surface area contributed by atoms with Crippen LogP contribution in [0.25, 0.3) is 0 Å². The highest BCUT2D eigenvalue weighted by atomic mass is 19.4. The Labute approximate surface area is 153 Å². The van der Waals surface area contributed by atoms with Gasteiger partial charge in [-0.2, -0.15) is 23.4 Å². The van der Waals surface area contributed by atoms with E-state index in [-0.39, 0.29) is 5.95 Å². The number of aryl methyl sites for hydroxylation is 1. The molecule has 0 saturated carbocycles. The molecular formula is C19H14F3N5. The van der Waals surface area contributed by atoms with E-state index in [0.717, 1.165) is 17.8 Å². The fourth-order valence-electron chi connectivity index (χ4n) is 2.34. The van der Waals surface area contributed by atoms with Gasteiger partial charge in [0, 0.05) is 23.1 Å². The molecule has 0 aliphatic heterocycles. The molecule has 0 bridgehead atoms. The summed E-state index contributed by atoms with van der Waals surface area (Å²) in [5, 5.41) is 14.8. The van der Waals surface area contributed by atoms with Crippen LogP contribution in [0.3, 0.4) is 0 Å². The fraction of sp³-hybridized carbons (Fsp3) is 0.105. The summed E-state index contributed by atoms with van der Waals surface area (Å²) in [5.74, 6) is 0.771. The Morgan fingerprint density at radius 1 is 0.889 bits per heavy atom. The van der Waals surface area contributed by atoms with E-state index in [2.05, 4.69) is 20.6 Å². The number of nitriles is 1. The van der Waals surface area contributed by atoms with E-state index in [9.17, 15) is 13.2 Å². The average Bonchev–Trinajstić information content (AvgIpc) is 2.61. The third-order valence-corrected chi connectivity index (χ3v) is 3.61. The van der Waals surface area contributed by atoms with Gasteiger partial charge in [0.2, 0.25) is 5.95 Å². The third kappa shape index (κ3) is 4.73. The number of rotatable bonds is 4. The second-order valence-electron chi connectivity index (χ2n) is 5.73. The first kappa shape index (κ1) is 18.2. The first-order valence-electron chi connectivity index (χ1n) is 7.91. The summed E-state index contributed by atoms with van der Waals surface area (Å²) in [6.07, 6.45) is -4.38. The average molecular weight is 369 g/mol. The number of alkyl halides is 3. The molecule has 27 heavy (non-hydrogen) atoms. The molecule has 0 fully saturated rings. The molecule has 0 atom stereocenters. The Morgan fingerprint density at radius 2 is 1.48 bits per heavy atom. The number of aromatic nitrogens is 2. The van der Waals surface area contributed by atoms with Crippen molar-refractivity contribution in [2.75, 3.05) is 10.6 Å². The smallest absolute Gasteiger partial charge is 0.340 e. The number of anilines is 4. The molecule has 0 radical (unpaired) electrons. The molecule has 1 heterocycles. The summed E-state index contributed by atoms with van der Waals surface area (Å²) in [6, 6.07) is 15.3. The lowest BCUT2D eigenvalue weighted by Crippen LogP contribution is -2.05. The van der Waals surface area contributed by atoms with Gasteiger partial charge < -0.3 is 10.6 Å². The van der Waals surface area contributed by atoms with Gasteiger partial charge in [0.25, 0.3) is 0 Å². The van der Waals surface area contributed by atoms with E-state index in [1.54, 1.807) is 37.3 Å². The molecular weight excluding hydrogens is 355 g/mol. The minimum atomic E-state index is -4.38. The third-order valence-electron chi connectivity index (χ3n) is 3.61. The summed E-state index contributed by atoms with van der Waals surface area (Å²) >= 11 is 0. The van der Waals surface area contributed by atoms with Gasteiger partial charge in [0.05, 0.1) is 17.2 Å². The predicted molar refractivity (Wildman–Crippen MR) is 95.9 cm³/mol. The number of benzene rings is 2. The van der Waals surface area contributed by atoms with Crippen LogP contribution in [-0.4, -0.2) is 9.97 Å². The topological polar surface area (TPSA) is 73.6 Å². The van der Waals surface area contributed by atoms with Crippen molar-refractivity contribution >= 4 is 23.1 Å². The molecule has 0 aliphatic rings. The largest absolute Gasteiger partial charge is 0.416 e. The SMILES string of the molecule is Cc1cc(Nc2ccc(C#N)cc2)nc(Nc2ccc(C(F)(F)F)cc2)n1. The van der Waals surface area contributed by atoms with E-state index < -0.39 is 11.7 Å². The first-order chi connectivity index (χ1) is 12.8. The van der Waals surface area contributed by atoms with Crippen LogP contribution in [0.5, 0.6) is 0 Å². The maximum Gasteiger partial charge on any atom is 0.416 e. The number of hydrogen-bond donors (Lipinski definition) is 2. The van der Waals surface area contributed by atoms with Crippen LogP contribution in [0.15, 0.2) is 54.6 Å². The standard InChI is InChI=1S/C19H14F3N5/c1-12-10-17(25-15-6-2-13(11-23)3-7-15)27-18(24-12)26-16-8-4-14(5-9-16)19(20,21)22/h2-10H,1H3,(H2,24,25,26,27). The molecule has 0 amide bonds. The number of halogens is 3. The Morgan fingerprint density at radius 3 is 2.07 bits per heavy atom. The molecule has 0 saturated heterocycles. The minimum absolute atomic E-state index is 0.255. The summed E-state index contributed by atoms with van der Waals surface area (Å²) in [6.45, 7) is 1.78. The van der Waals surface area contributed by atoms with E-state index in [1.807, 2.05) is 6.07 Å². The maximum absolute atomic E-state index is 12.6. The molecule has 0 unspecified atom stereocenters. The lowest BCUT2D eigenvalue weighted by Gasteiger charge is -2.11. The second-order valence-corrected chi connectivity index (χ2v) is 5.73. The molecule has 5 nitrogen and oxygen atoms in total. The molecule has 2 N–H and O–H groups in total. The monoisotopic (exact) mass is 369 g/mol. The predicted octanol–water partition coefficient (Wildman–Crippen LogP) is 5.16. The lowest BCUT2D eigenvalue weighted by atomic mass is 10.2. The molecule has 3 aromatic rings. The quantitative estimate of drug-likeness (QED) is 0.664. The van der Waals surface area contributed by atoms with E-state index >= 15 is 0 Å². The van der Waals surface area contributed by atoms with Crippen LogP contribution >= 0.6 is 0 Å². The van der Waals surface area contributed by atoms with Crippen molar-refractivity contribution < 1.29 is 13.2 Å². The molecule has 0 aliphatic carbocycles. The zero-order valence-corrected chi connectivity index (χ0v) is 14.2. The van der Waals surface area contributed by atoms with E-state index in [4.69, 9.17) is 5.26 Å². The van der Waals surface area contributed by atoms with Gasteiger partial charge >= 0.3 is 6.18 Å². The van der Waals surface area contributed by atoms with Crippen molar-refractivity contribution in [2.45, 2.75) is 13.1 Å². The molecule has 136 valence electrons. The Balaban J connectivity index is 1.77. The van der Waals surface area contributed by atoms with Gasteiger partial charge in [0.15, 0.2) is 0 Å². The first-order valence-corrected chi connectivity index (χ1v) is 7.91. The number of hydrogen-bond acceptors (Lipinski definition) is 5. The van der Waals surface area contributed by atoms with Crippen LogP contribution in [0.2, 0.25) is 0 Å². The van der Waals surface area contributed by atoms with Crippen molar-refractivity contribution in [3.63, 3.8) is 0 Å². The maximum atomic E-state index is 12.6. The van der Waals surface area contributed by atoms with Gasteiger partial charge in [-0.25, -0.2) is 4.98 Å². The molecule has 2 aromatic carbocycles. The number of nitrogens with zero attached hydrogens (tertiary/aromatic N) is 3. The Hall–Kier alpha value is -3.60. The summed E-state index contributed by atoms with van der Waals surface area (Å²) in [5.41, 5.74) is 1.69. The molecule has 0 spiro atoms. The highest BCUT2D eigenvalue weighted by molar-refractivity contribution is 5.61. The molecule has 3 rings (SSSR count). The number of nitrogens with one attached hydrogen (secondary N) is 2. The fourth-order valence-corrected chi connectivity index (χ4v) is 2.34. The van der Waals surface area contributed by atoms with Gasteiger partial charge in [-0.05, 0) is 55.5 Å². The van der Waals surface area contributed by atoms with Crippen LogP contribution in [0, 0.1) is 18.3 Å². The normalized spacial score (nSPS) is 10.9. The van der Waals surface area contributed by atoms with Crippen molar-refractivity contribution in [1.82, 2.24) is 9.97 Å². The summed E-state index contributed by atoms with van der Waals surface area (Å²) in [7, 11) is 0. The summed E-state index contributed by atoms with van der Waals surface area (Å²) in [4.78, 5) is 8.56. The van der Waals surface area contributed by atoms with Crippen LogP contribution < -0.4 is 10.6 Å².